The molecule has 0 radical (unpaired) electrons. The Hall–Kier alpha value is -0.890. The van der Waals surface area contributed by atoms with Crippen LogP contribution in [0.3, 0.4) is 0 Å². The highest BCUT2D eigenvalue weighted by molar-refractivity contribution is 5.38. The highest BCUT2D eigenvalue weighted by Crippen LogP contribution is 2.47. The maximum absolute atomic E-state index is 13.5. The largest absolute Gasteiger partial charge is 0.310 e. The van der Waals surface area contributed by atoms with Gasteiger partial charge in [0.05, 0.1) is 0 Å². The molecule has 70 valence electrons. The molecule has 1 aromatic rings. The van der Waals surface area contributed by atoms with E-state index in [0.29, 0.717) is 0 Å². The Bertz CT molecular complexity index is 309. The van der Waals surface area contributed by atoms with Crippen LogP contribution in [0.5, 0.6) is 0 Å². The third-order valence-electron chi connectivity index (χ3n) is 2.93. The molecule has 0 heterocycles. The van der Waals surface area contributed by atoms with E-state index in [1.165, 1.54) is 0 Å². The Morgan fingerprint density at radius 2 is 2.08 bits per heavy atom. The SMILES string of the molecule is CNC1(c2c(C)cccc2F)CC1. The van der Waals surface area contributed by atoms with Crippen molar-refractivity contribution in [1.29, 1.82) is 0 Å². The molecule has 0 atom stereocenters. The molecule has 1 aromatic carbocycles. The van der Waals surface area contributed by atoms with E-state index >= 15 is 0 Å². The summed E-state index contributed by atoms with van der Waals surface area (Å²) in [6.45, 7) is 1.97. The molecule has 1 aliphatic carbocycles. The van der Waals surface area contributed by atoms with E-state index in [9.17, 15) is 4.39 Å². The normalized spacial score (nSPS) is 18.7. The van der Waals surface area contributed by atoms with E-state index in [4.69, 9.17) is 0 Å². The zero-order valence-corrected chi connectivity index (χ0v) is 8.02. The minimum absolute atomic E-state index is 0.0601. The quantitative estimate of drug-likeness (QED) is 0.734. The van der Waals surface area contributed by atoms with Gasteiger partial charge < -0.3 is 5.32 Å². The number of hydrogen-bond acceptors (Lipinski definition) is 1. The first-order valence-electron chi connectivity index (χ1n) is 4.64. The van der Waals surface area contributed by atoms with Crippen molar-refractivity contribution < 1.29 is 4.39 Å². The fourth-order valence-corrected chi connectivity index (χ4v) is 1.99. The van der Waals surface area contributed by atoms with Crippen LogP contribution >= 0.6 is 0 Å². The Labute approximate surface area is 78.0 Å². The van der Waals surface area contributed by atoms with Gasteiger partial charge >= 0.3 is 0 Å². The van der Waals surface area contributed by atoms with E-state index in [1.807, 2.05) is 20.0 Å². The standard InChI is InChI=1S/C11H14FN/c1-8-4-3-5-9(12)10(8)11(13-2)6-7-11/h3-5,13H,6-7H2,1-2H3. The lowest BCUT2D eigenvalue weighted by molar-refractivity contribution is 0.522. The lowest BCUT2D eigenvalue weighted by Crippen LogP contribution is -2.26. The highest BCUT2D eigenvalue weighted by atomic mass is 19.1. The molecular formula is C11H14FN. The second-order valence-electron chi connectivity index (χ2n) is 3.76. The lowest BCUT2D eigenvalue weighted by atomic mass is 9.99. The van der Waals surface area contributed by atoms with Gasteiger partial charge in [-0.15, -0.1) is 0 Å². The zero-order valence-electron chi connectivity index (χ0n) is 8.02. The molecule has 0 bridgehead atoms. The van der Waals surface area contributed by atoms with Crippen LogP contribution in [0.1, 0.15) is 24.0 Å². The molecule has 0 amide bonds. The number of hydrogen-bond donors (Lipinski definition) is 1. The van der Waals surface area contributed by atoms with Crippen molar-refractivity contribution in [3.8, 4) is 0 Å². The summed E-state index contributed by atoms with van der Waals surface area (Å²) in [5.41, 5.74) is 1.85. The van der Waals surface area contributed by atoms with Crippen molar-refractivity contribution in [3.63, 3.8) is 0 Å². The fourth-order valence-electron chi connectivity index (χ4n) is 1.99. The van der Waals surface area contributed by atoms with Gasteiger partial charge in [-0.3, -0.25) is 0 Å². The van der Waals surface area contributed by atoms with E-state index in [0.717, 1.165) is 24.0 Å². The van der Waals surface area contributed by atoms with Crippen LogP contribution in [0.4, 0.5) is 4.39 Å². The molecule has 0 saturated heterocycles. The first-order chi connectivity index (χ1) is 6.19. The molecular weight excluding hydrogens is 165 g/mol. The van der Waals surface area contributed by atoms with Gasteiger partial charge in [-0.25, -0.2) is 4.39 Å². The molecule has 2 heteroatoms. The molecule has 1 aliphatic rings. The minimum Gasteiger partial charge on any atom is -0.310 e. The topological polar surface area (TPSA) is 12.0 Å². The van der Waals surface area contributed by atoms with Crippen molar-refractivity contribution in [1.82, 2.24) is 5.32 Å². The van der Waals surface area contributed by atoms with E-state index in [2.05, 4.69) is 5.32 Å². The number of benzene rings is 1. The second-order valence-corrected chi connectivity index (χ2v) is 3.76. The van der Waals surface area contributed by atoms with Gasteiger partial charge in [0.15, 0.2) is 0 Å². The maximum atomic E-state index is 13.5. The second kappa shape index (κ2) is 2.81. The van der Waals surface area contributed by atoms with Crippen LogP contribution in [-0.4, -0.2) is 7.05 Å². The molecule has 1 nitrogen and oxygen atoms in total. The van der Waals surface area contributed by atoms with Gasteiger partial charge in [0, 0.05) is 11.1 Å². The highest BCUT2D eigenvalue weighted by Gasteiger charge is 2.45. The Morgan fingerprint density at radius 3 is 2.54 bits per heavy atom. The summed E-state index contributed by atoms with van der Waals surface area (Å²) in [7, 11) is 1.90. The molecule has 1 N–H and O–H groups in total. The lowest BCUT2D eigenvalue weighted by Gasteiger charge is -2.17. The summed E-state index contributed by atoms with van der Waals surface area (Å²) in [5, 5.41) is 3.21. The number of rotatable bonds is 2. The molecule has 2 rings (SSSR count). The Balaban J connectivity index is 2.50. The molecule has 0 aromatic heterocycles. The van der Waals surface area contributed by atoms with Crippen molar-refractivity contribution >= 4 is 0 Å². The van der Waals surface area contributed by atoms with Gasteiger partial charge in [0.25, 0.3) is 0 Å². The predicted molar refractivity (Wildman–Crippen MR) is 51.1 cm³/mol. The van der Waals surface area contributed by atoms with Gasteiger partial charge in [0.2, 0.25) is 0 Å². The van der Waals surface area contributed by atoms with Gasteiger partial charge in [-0.2, -0.15) is 0 Å². The van der Waals surface area contributed by atoms with Crippen LogP contribution in [0, 0.1) is 12.7 Å². The predicted octanol–water partition coefficient (Wildman–Crippen LogP) is 2.34. The van der Waals surface area contributed by atoms with Crippen molar-refractivity contribution in [2.24, 2.45) is 0 Å². The van der Waals surface area contributed by atoms with Crippen LogP contribution in [0.25, 0.3) is 0 Å². The summed E-state index contributed by atoms with van der Waals surface area (Å²) in [6.07, 6.45) is 2.09. The fraction of sp³-hybridized carbons (Fsp3) is 0.455. The number of halogens is 1. The van der Waals surface area contributed by atoms with Crippen LogP contribution in [-0.2, 0) is 5.54 Å². The summed E-state index contributed by atoms with van der Waals surface area (Å²) in [6, 6.07) is 5.27. The van der Waals surface area contributed by atoms with Crippen molar-refractivity contribution in [2.45, 2.75) is 25.3 Å². The van der Waals surface area contributed by atoms with Gasteiger partial charge in [-0.05, 0) is 38.4 Å². The van der Waals surface area contributed by atoms with Crippen molar-refractivity contribution in [3.05, 3.63) is 35.1 Å². The van der Waals surface area contributed by atoms with E-state index < -0.39 is 0 Å². The average Bonchev–Trinajstić information content (AvgIpc) is 2.85. The van der Waals surface area contributed by atoms with Crippen LogP contribution in [0.15, 0.2) is 18.2 Å². The molecule has 1 fully saturated rings. The first kappa shape index (κ1) is 8.70. The monoisotopic (exact) mass is 179 g/mol. The molecule has 0 spiro atoms. The van der Waals surface area contributed by atoms with Crippen molar-refractivity contribution in [2.75, 3.05) is 7.05 Å². The Morgan fingerprint density at radius 1 is 1.38 bits per heavy atom. The minimum atomic E-state index is -0.0770. The first-order valence-corrected chi connectivity index (χ1v) is 4.64. The van der Waals surface area contributed by atoms with E-state index in [1.54, 1.807) is 12.1 Å². The molecule has 13 heavy (non-hydrogen) atoms. The van der Waals surface area contributed by atoms with Gasteiger partial charge in [0.1, 0.15) is 5.82 Å². The summed E-state index contributed by atoms with van der Waals surface area (Å²) < 4.78 is 13.5. The van der Waals surface area contributed by atoms with Crippen LogP contribution in [0.2, 0.25) is 0 Å². The molecule has 0 aliphatic heterocycles. The smallest absolute Gasteiger partial charge is 0.128 e. The third kappa shape index (κ3) is 1.25. The number of nitrogens with one attached hydrogen (secondary N) is 1. The molecule has 1 saturated carbocycles. The third-order valence-corrected chi connectivity index (χ3v) is 2.93. The average molecular weight is 179 g/mol. The number of aryl methyl sites for hydroxylation is 1. The Kier molecular flexibility index (Phi) is 1.88. The summed E-state index contributed by atoms with van der Waals surface area (Å²) in [5.74, 6) is -0.0770. The molecule has 0 unspecified atom stereocenters. The summed E-state index contributed by atoms with van der Waals surface area (Å²) >= 11 is 0. The zero-order chi connectivity index (χ0) is 9.47. The van der Waals surface area contributed by atoms with Gasteiger partial charge in [-0.1, -0.05) is 12.1 Å². The van der Waals surface area contributed by atoms with Crippen LogP contribution < -0.4 is 5.32 Å². The maximum Gasteiger partial charge on any atom is 0.128 e. The summed E-state index contributed by atoms with van der Waals surface area (Å²) in [4.78, 5) is 0. The van der Waals surface area contributed by atoms with E-state index in [-0.39, 0.29) is 11.4 Å².